The van der Waals surface area contributed by atoms with Crippen molar-refractivity contribution in [3.05, 3.63) is 12.1 Å². The van der Waals surface area contributed by atoms with E-state index in [1.165, 1.54) is 19.5 Å². The minimum Gasteiger partial charge on any atom is -0.382 e. The first kappa shape index (κ1) is 12.1. The summed E-state index contributed by atoms with van der Waals surface area (Å²) < 4.78 is 0. The first-order valence-corrected chi connectivity index (χ1v) is 6.22. The Morgan fingerprint density at radius 1 is 1.47 bits per heavy atom. The summed E-state index contributed by atoms with van der Waals surface area (Å²) in [5.41, 5.74) is 5.49. The van der Waals surface area contributed by atoms with Gasteiger partial charge in [-0.2, -0.15) is 0 Å². The third kappa shape index (κ3) is 3.30. The van der Waals surface area contributed by atoms with Crippen LogP contribution in [0.2, 0.25) is 0 Å². The number of nitrogens with two attached hydrogens (primary N) is 1. The number of nitrogen functional groups attached to an aromatic ring is 1. The average molecular weight is 235 g/mol. The van der Waals surface area contributed by atoms with Crippen molar-refractivity contribution in [2.75, 3.05) is 30.7 Å². The van der Waals surface area contributed by atoms with Crippen molar-refractivity contribution in [2.45, 2.75) is 26.3 Å². The highest BCUT2D eigenvalue weighted by molar-refractivity contribution is 5.38. The summed E-state index contributed by atoms with van der Waals surface area (Å²) in [7, 11) is 0. The Balaban J connectivity index is 1.78. The number of rotatable bonds is 4. The minimum absolute atomic E-state index is 0.461. The number of anilines is 2. The van der Waals surface area contributed by atoms with Gasteiger partial charge in [-0.25, -0.2) is 0 Å². The molecule has 1 atom stereocenters. The largest absolute Gasteiger partial charge is 0.382 e. The van der Waals surface area contributed by atoms with Gasteiger partial charge in [-0.1, -0.05) is 0 Å². The molecule has 2 rings (SSSR count). The average Bonchev–Trinajstić information content (AvgIpc) is 2.77. The Labute approximate surface area is 102 Å². The van der Waals surface area contributed by atoms with E-state index >= 15 is 0 Å². The molecule has 17 heavy (non-hydrogen) atoms. The summed E-state index contributed by atoms with van der Waals surface area (Å²) in [4.78, 5) is 2.51. The monoisotopic (exact) mass is 235 g/mol. The van der Waals surface area contributed by atoms with Crippen molar-refractivity contribution in [1.82, 2.24) is 15.1 Å². The van der Waals surface area contributed by atoms with Crippen LogP contribution < -0.4 is 11.1 Å². The Hall–Kier alpha value is -1.36. The van der Waals surface area contributed by atoms with Gasteiger partial charge in [0.05, 0.1) is 0 Å². The number of hydrogen-bond donors (Lipinski definition) is 2. The van der Waals surface area contributed by atoms with Crippen LogP contribution in [-0.2, 0) is 0 Å². The predicted molar refractivity (Wildman–Crippen MR) is 69.8 cm³/mol. The standard InChI is InChI=1S/C12H21N5/c1-9(2)17-6-5-10(8-17)7-14-12-4-3-11(13)15-16-12/h3-4,9-10H,5-8H2,1-2H3,(H2,13,15)(H,14,16). The maximum absolute atomic E-state index is 5.49. The molecule has 0 spiro atoms. The van der Waals surface area contributed by atoms with Crippen LogP contribution in [0.4, 0.5) is 11.6 Å². The van der Waals surface area contributed by atoms with Gasteiger partial charge in [0.2, 0.25) is 0 Å². The van der Waals surface area contributed by atoms with Crippen LogP contribution in [-0.4, -0.2) is 40.8 Å². The van der Waals surface area contributed by atoms with Crippen molar-refractivity contribution in [2.24, 2.45) is 5.92 Å². The van der Waals surface area contributed by atoms with Crippen LogP contribution in [0.15, 0.2) is 12.1 Å². The summed E-state index contributed by atoms with van der Waals surface area (Å²) >= 11 is 0. The molecule has 2 heterocycles. The zero-order valence-electron chi connectivity index (χ0n) is 10.6. The molecule has 1 aromatic heterocycles. The maximum atomic E-state index is 5.49. The van der Waals surface area contributed by atoms with E-state index in [1.807, 2.05) is 6.07 Å². The van der Waals surface area contributed by atoms with E-state index < -0.39 is 0 Å². The predicted octanol–water partition coefficient (Wildman–Crippen LogP) is 1.20. The topological polar surface area (TPSA) is 67.1 Å². The summed E-state index contributed by atoms with van der Waals surface area (Å²) in [6.45, 7) is 7.84. The third-order valence-electron chi connectivity index (χ3n) is 3.30. The van der Waals surface area contributed by atoms with E-state index in [1.54, 1.807) is 6.07 Å². The summed E-state index contributed by atoms with van der Waals surface area (Å²) in [6.07, 6.45) is 1.26. The lowest BCUT2D eigenvalue weighted by Gasteiger charge is -2.20. The fraction of sp³-hybridized carbons (Fsp3) is 0.667. The van der Waals surface area contributed by atoms with Gasteiger partial charge in [0, 0.05) is 19.1 Å². The first-order valence-electron chi connectivity index (χ1n) is 6.22. The molecule has 1 fully saturated rings. The smallest absolute Gasteiger partial charge is 0.148 e. The molecule has 3 N–H and O–H groups in total. The van der Waals surface area contributed by atoms with Gasteiger partial charge >= 0.3 is 0 Å². The molecule has 5 heteroatoms. The Morgan fingerprint density at radius 2 is 2.29 bits per heavy atom. The molecule has 0 amide bonds. The molecule has 0 radical (unpaired) electrons. The highest BCUT2D eigenvalue weighted by Crippen LogP contribution is 2.18. The Kier molecular flexibility index (Phi) is 3.78. The van der Waals surface area contributed by atoms with Crippen molar-refractivity contribution in [3.63, 3.8) is 0 Å². The molecule has 0 aliphatic carbocycles. The van der Waals surface area contributed by atoms with Crippen LogP contribution in [0.1, 0.15) is 20.3 Å². The van der Waals surface area contributed by atoms with Gasteiger partial charge in [0.25, 0.3) is 0 Å². The summed E-state index contributed by atoms with van der Waals surface area (Å²) in [5.74, 6) is 1.97. The van der Waals surface area contributed by atoms with Crippen LogP contribution in [0, 0.1) is 5.92 Å². The minimum atomic E-state index is 0.461. The third-order valence-corrected chi connectivity index (χ3v) is 3.30. The SMILES string of the molecule is CC(C)N1CCC(CNc2ccc(N)nn2)C1. The van der Waals surface area contributed by atoms with Crippen molar-refractivity contribution in [1.29, 1.82) is 0 Å². The van der Waals surface area contributed by atoms with Gasteiger partial charge in [0.1, 0.15) is 11.6 Å². The van der Waals surface area contributed by atoms with Crippen molar-refractivity contribution < 1.29 is 0 Å². The lowest BCUT2D eigenvalue weighted by molar-refractivity contribution is 0.266. The van der Waals surface area contributed by atoms with Gasteiger partial charge < -0.3 is 16.0 Å². The van der Waals surface area contributed by atoms with Crippen LogP contribution in [0.5, 0.6) is 0 Å². The van der Waals surface area contributed by atoms with E-state index in [0.717, 1.165) is 12.4 Å². The maximum Gasteiger partial charge on any atom is 0.148 e. The number of aromatic nitrogens is 2. The molecule has 1 aliphatic heterocycles. The number of hydrogen-bond acceptors (Lipinski definition) is 5. The molecular weight excluding hydrogens is 214 g/mol. The van der Waals surface area contributed by atoms with Crippen molar-refractivity contribution >= 4 is 11.6 Å². The second-order valence-corrected chi connectivity index (χ2v) is 4.97. The molecular formula is C12H21N5. The zero-order chi connectivity index (χ0) is 12.3. The first-order chi connectivity index (χ1) is 8.15. The highest BCUT2D eigenvalue weighted by atomic mass is 15.2. The van der Waals surface area contributed by atoms with Crippen LogP contribution >= 0.6 is 0 Å². The number of nitrogens with zero attached hydrogens (tertiary/aromatic N) is 3. The lowest BCUT2D eigenvalue weighted by Crippen LogP contribution is -2.29. The van der Waals surface area contributed by atoms with Crippen LogP contribution in [0.25, 0.3) is 0 Å². The molecule has 94 valence electrons. The van der Waals surface area contributed by atoms with E-state index in [9.17, 15) is 0 Å². The second-order valence-electron chi connectivity index (χ2n) is 4.97. The summed E-state index contributed by atoms with van der Waals surface area (Å²) in [5, 5.41) is 11.1. The Morgan fingerprint density at radius 3 is 2.88 bits per heavy atom. The van der Waals surface area contributed by atoms with Gasteiger partial charge in [-0.05, 0) is 44.9 Å². The fourth-order valence-corrected chi connectivity index (χ4v) is 2.18. The van der Waals surface area contributed by atoms with Gasteiger partial charge in [0.15, 0.2) is 0 Å². The second kappa shape index (κ2) is 5.31. The molecule has 1 saturated heterocycles. The van der Waals surface area contributed by atoms with Crippen LogP contribution in [0.3, 0.4) is 0 Å². The molecule has 0 aromatic carbocycles. The fourth-order valence-electron chi connectivity index (χ4n) is 2.18. The van der Waals surface area contributed by atoms with Crippen molar-refractivity contribution in [3.8, 4) is 0 Å². The number of nitrogens with one attached hydrogen (secondary N) is 1. The van der Waals surface area contributed by atoms with E-state index in [-0.39, 0.29) is 0 Å². The molecule has 5 nitrogen and oxygen atoms in total. The molecule has 1 aromatic rings. The normalized spacial score (nSPS) is 21.0. The van der Waals surface area contributed by atoms with E-state index in [4.69, 9.17) is 5.73 Å². The molecule has 0 bridgehead atoms. The molecule has 0 saturated carbocycles. The Bertz CT molecular complexity index is 348. The lowest BCUT2D eigenvalue weighted by atomic mass is 10.1. The number of likely N-dealkylation sites (tertiary alicyclic amines) is 1. The highest BCUT2D eigenvalue weighted by Gasteiger charge is 2.23. The summed E-state index contributed by atoms with van der Waals surface area (Å²) in [6, 6.07) is 4.29. The quantitative estimate of drug-likeness (QED) is 0.821. The van der Waals surface area contributed by atoms with Gasteiger partial charge in [-0.3, -0.25) is 0 Å². The molecule has 1 unspecified atom stereocenters. The van der Waals surface area contributed by atoms with E-state index in [2.05, 4.69) is 34.3 Å². The van der Waals surface area contributed by atoms with Gasteiger partial charge in [-0.15, -0.1) is 10.2 Å². The molecule has 1 aliphatic rings. The van der Waals surface area contributed by atoms with E-state index in [0.29, 0.717) is 17.8 Å². The zero-order valence-corrected chi connectivity index (χ0v) is 10.6.